The van der Waals surface area contributed by atoms with Gasteiger partial charge in [0.2, 0.25) is 17.7 Å². The van der Waals surface area contributed by atoms with Crippen LogP contribution in [0, 0.1) is 5.92 Å². The SMILES string of the molecule is CC(C)CC(N)C(=O)NC(CC(=O)O)C(=O)NCC(=O)NC(CC(=O)O)C(=O)O. The highest BCUT2D eigenvalue weighted by Gasteiger charge is 2.27. The van der Waals surface area contributed by atoms with Crippen molar-refractivity contribution in [1.29, 1.82) is 0 Å². The van der Waals surface area contributed by atoms with E-state index < -0.39 is 73.1 Å². The van der Waals surface area contributed by atoms with Crippen LogP contribution in [-0.4, -0.2) is 75.6 Å². The van der Waals surface area contributed by atoms with Gasteiger partial charge >= 0.3 is 17.9 Å². The largest absolute Gasteiger partial charge is 0.481 e. The minimum absolute atomic E-state index is 0.0826. The third kappa shape index (κ3) is 11.3. The summed E-state index contributed by atoms with van der Waals surface area (Å²) in [6, 6.07) is -4.18. The van der Waals surface area contributed by atoms with Crippen molar-refractivity contribution in [2.75, 3.05) is 6.54 Å². The molecule has 13 nitrogen and oxygen atoms in total. The summed E-state index contributed by atoms with van der Waals surface area (Å²) in [6.45, 7) is 2.89. The van der Waals surface area contributed by atoms with Crippen molar-refractivity contribution in [3.05, 3.63) is 0 Å². The maximum Gasteiger partial charge on any atom is 0.326 e. The Morgan fingerprint density at radius 3 is 1.79 bits per heavy atom. The van der Waals surface area contributed by atoms with Crippen LogP contribution in [0.2, 0.25) is 0 Å². The van der Waals surface area contributed by atoms with Crippen LogP contribution in [-0.2, 0) is 28.8 Å². The lowest BCUT2D eigenvalue weighted by atomic mass is 10.0. The molecule has 13 heteroatoms. The summed E-state index contributed by atoms with van der Waals surface area (Å²) < 4.78 is 0. The Labute approximate surface area is 166 Å². The molecule has 3 amide bonds. The Bertz CT molecular complexity index is 650. The number of nitrogens with one attached hydrogen (secondary N) is 3. The standard InChI is InChI=1S/C16H26N4O9/c1-7(2)3-8(17)14(26)20-9(4-12(22)23)15(27)18-6-11(21)19-10(16(28)29)5-13(24)25/h7-10H,3-6,17H2,1-2H3,(H,18,27)(H,19,21)(H,20,26)(H,22,23)(H,24,25)(H,28,29). The fourth-order valence-electron chi connectivity index (χ4n) is 2.19. The minimum atomic E-state index is -1.71. The van der Waals surface area contributed by atoms with E-state index in [0.29, 0.717) is 6.42 Å². The van der Waals surface area contributed by atoms with Gasteiger partial charge in [0, 0.05) is 0 Å². The van der Waals surface area contributed by atoms with Crippen molar-refractivity contribution >= 4 is 35.6 Å². The molecule has 0 saturated heterocycles. The van der Waals surface area contributed by atoms with E-state index >= 15 is 0 Å². The topological polar surface area (TPSA) is 225 Å². The molecule has 0 aliphatic heterocycles. The number of aliphatic carboxylic acids is 3. The first-order chi connectivity index (χ1) is 13.3. The molecule has 0 rings (SSSR count). The second-order valence-electron chi connectivity index (χ2n) is 6.67. The predicted molar refractivity (Wildman–Crippen MR) is 96.4 cm³/mol. The van der Waals surface area contributed by atoms with Crippen LogP contribution in [0.25, 0.3) is 0 Å². The zero-order chi connectivity index (χ0) is 22.7. The van der Waals surface area contributed by atoms with E-state index in [-0.39, 0.29) is 5.92 Å². The van der Waals surface area contributed by atoms with Gasteiger partial charge < -0.3 is 37.0 Å². The number of hydrogen-bond acceptors (Lipinski definition) is 7. The minimum Gasteiger partial charge on any atom is -0.481 e. The fraction of sp³-hybridized carbons (Fsp3) is 0.625. The molecule has 0 aromatic rings. The lowest BCUT2D eigenvalue weighted by Crippen LogP contribution is -2.54. The Kier molecular flexibility index (Phi) is 10.9. The number of carbonyl (C=O) groups is 6. The molecule has 0 bridgehead atoms. The van der Waals surface area contributed by atoms with Gasteiger partial charge in [0.15, 0.2) is 0 Å². The van der Waals surface area contributed by atoms with Crippen LogP contribution in [0.1, 0.15) is 33.1 Å². The number of carboxylic acid groups (broad SMARTS) is 3. The van der Waals surface area contributed by atoms with Crippen molar-refractivity contribution in [3.63, 3.8) is 0 Å². The van der Waals surface area contributed by atoms with Gasteiger partial charge in [-0.15, -0.1) is 0 Å². The van der Waals surface area contributed by atoms with E-state index in [2.05, 4.69) is 10.6 Å². The second-order valence-corrected chi connectivity index (χ2v) is 6.67. The summed E-state index contributed by atoms with van der Waals surface area (Å²) in [7, 11) is 0. The van der Waals surface area contributed by atoms with Crippen LogP contribution in [0.5, 0.6) is 0 Å². The van der Waals surface area contributed by atoms with E-state index in [1.807, 2.05) is 19.2 Å². The van der Waals surface area contributed by atoms with Crippen molar-refractivity contribution in [3.8, 4) is 0 Å². The van der Waals surface area contributed by atoms with Gasteiger partial charge in [0.1, 0.15) is 12.1 Å². The molecule has 0 fully saturated rings. The van der Waals surface area contributed by atoms with E-state index in [1.165, 1.54) is 0 Å². The fourth-order valence-corrected chi connectivity index (χ4v) is 2.19. The maximum absolute atomic E-state index is 12.1. The Morgan fingerprint density at radius 2 is 1.34 bits per heavy atom. The highest BCUT2D eigenvalue weighted by Crippen LogP contribution is 2.04. The van der Waals surface area contributed by atoms with Gasteiger partial charge in [-0.1, -0.05) is 13.8 Å². The van der Waals surface area contributed by atoms with Crippen molar-refractivity contribution in [1.82, 2.24) is 16.0 Å². The van der Waals surface area contributed by atoms with E-state index in [0.717, 1.165) is 0 Å². The number of rotatable bonds is 13. The molecule has 29 heavy (non-hydrogen) atoms. The highest BCUT2D eigenvalue weighted by atomic mass is 16.4. The van der Waals surface area contributed by atoms with Crippen molar-refractivity contribution in [2.24, 2.45) is 11.7 Å². The molecule has 0 radical (unpaired) electrons. The van der Waals surface area contributed by atoms with Crippen LogP contribution in [0.4, 0.5) is 0 Å². The first-order valence-corrected chi connectivity index (χ1v) is 8.62. The van der Waals surface area contributed by atoms with Gasteiger partial charge in [0.05, 0.1) is 25.4 Å². The van der Waals surface area contributed by atoms with E-state index in [4.69, 9.17) is 21.1 Å². The summed E-state index contributed by atoms with van der Waals surface area (Å²) in [5.41, 5.74) is 5.68. The lowest BCUT2D eigenvalue weighted by Gasteiger charge is -2.20. The van der Waals surface area contributed by atoms with Gasteiger partial charge in [0.25, 0.3) is 0 Å². The molecule has 8 N–H and O–H groups in total. The number of carbonyl (C=O) groups excluding carboxylic acids is 3. The molecule has 0 aromatic carbocycles. The molecule has 3 unspecified atom stereocenters. The maximum atomic E-state index is 12.1. The quantitative estimate of drug-likeness (QED) is 0.166. The highest BCUT2D eigenvalue weighted by molar-refractivity contribution is 5.94. The summed E-state index contributed by atoms with van der Waals surface area (Å²) in [5, 5.41) is 32.5. The van der Waals surface area contributed by atoms with Crippen LogP contribution >= 0.6 is 0 Å². The zero-order valence-corrected chi connectivity index (χ0v) is 16.0. The van der Waals surface area contributed by atoms with Crippen LogP contribution in [0.15, 0.2) is 0 Å². The smallest absolute Gasteiger partial charge is 0.326 e. The molecule has 0 heterocycles. The number of hydrogen-bond donors (Lipinski definition) is 7. The lowest BCUT2D eigenvalue weighted by molar-refractivity contribution is -0.147. The number of amides is 3. The summed E-state index contributed by atoms with van der Waals surface area (Å²) in [6.07, 6.45) is -1.35. The van der Waals surface area contributed by atoms with Gasteiger partial charge in [-0.3, -0.25) is 24.0 Å². The molecule has 164 valence electrons. The predicted octanol–water partition coefficient (Wildman–Crippen LogP) is -2.52. The van der Waals surface area contributed by atoms with Crippen LogP contribution in [0.3, 0.4) is 0 Å². The third-order valence-corrected chi connectivity index (χ3v) is 3.51. The monoisotopic (exact) mass is 418 g/mol. The average molecular weight is 418 g/mol. The Morgan fingerprint density at radius 1 is 0.828 bits per heavy atom. The second kappa shape index (κ2) is 12.3. The van der Waals surface area contributed by atoms with Crippen molar-refractivity contribution < 1.29 is 44.1 Å². The summed E-state index contributed by atoms with van der Waals surface area (Å²) in [4.78, 5) is 68.3. The molecular formula is C16H26N4O9. The Balaban J connectivity index is 4.87. The first-order valence-electron chi connectivity index (χ1n) is 8.62. The third-order valence-electron chi connectivity index (χ3n) is 3.51. The summed E-state index contributed by atoms with van der Waals surface area (Å²) in [5.74, 6) is -7.09. The average Bonchev–Trinajstić information content (AvgIpc) is 2.56. The number of carboxylic acids is 3. The molecule has 0 aromatic heterocycles. The summed E-state index contributed by atoms with van der Waals surface area (Å²) >= 11 is 0. The number of nitrogens with two attached hydrogens (primary N) is 1. The Hall–Kier alpha value is -3.22. The molecule has 0 saturated carbocycles. The molecular weight excluding hydrogens is 392 g/mol. The van der Waals surface area contributed by atoms with E-state index in [9.17, 15) is 28.8 Å². The normalized spacial score (nSPS) is 13.7. The van der Waals surface area contributed by atoms with Crippen LogP contribution < -0.4 is 21.7 Å². The van der Waals surface area contributed by atoms with Gasteiger partial charge in [-0.2, -0.15) is 0 Å². The molecule has 3 atom stereocenters. The molecule has 0 aliphatic carbocycles. The zero-order valence-electron chi connectivity index (χ0n) is 16.0. The van der Waals surface area contributed by atoms with Gasteiger partial charge in [-0.25, -0.2) is 4.79 Å². The molecule has 0 aliphatic rings. The first kappa shape index (κ1) is 25.8. The molecule has 0 spiro atoms. The van der Waals surface area contributed by atoms with Gasteiger partial charge in [-0.05, 0) is 12.3 Å². The van der Waals surface area contributed by atoms with E-state index in [1.54, 1.807) is 0 Å². The van der Waals surface area contributed by atoms with Crippen molar-refractivity contribution in [2.45, 2.75) is 51.2 Å².